The molecule has 0 aliphatic heterocycles. The average Bonchev–Trinajstić information content (AvgIpc) is 2.56. The molecule has 2 rings (SSSR count). The first-order valence-electron chi connectivity index (χ1n) is 7.76. The van der Waals surface area contributed by atoms with Gasteiger partial charge in [0, 0.05) is 12.0 Å². The highest BCUT2D eigenvalue weighted by molar-refractivity contribution is 5.96. The predicted octanol–water partition coefficient (Wildman–Crippen LogP) is 3.06. The fourth-order valence-corrected chi connectivity index (χ4v) is 2.40. The SMILES string of the molecule is CCCc1ccc(C(=O)N[C@H](Cc2ccccc2)C(=O)O)cc1. The lowest BCUT2D eigenvalue weighted by molar-refractivity contribution is -0.139. The topological polar surface area (TPSA) is 66.4 Å². The molecule has 0 saturated carbocycles. The molecule has 1 atom stereocenters. The van der Waals surface area contributed by atoms with E-state index in [-0.39, 0.29) is 12.3 Å². The van der Waals surface area contributed by atoms with Crippen molar-refractivity contribution in [3.63, 3.8) is 0 Å². The largest absolute Gasteiger partial charge is 0.480 e. The number of carbonyl (C=O) groups is 2. The Kier molecular flexibility index (Phi) is 5.92. The lowest BCUT2D eigenvalue weighted by Crippen LogP contribution is -2.42. The van der Waals surface area contributed by atoms with E-state index in [4.69, 9.17) is 0 Å². The summed E-state index contributed by atoms with van der Waals surface area (Å²) >= 11 is 0. The van der Waals surface area contributed by atoms with Crippen molar-refractivity contribution in [2.24, 2.45) is 0 Å². The number of carboxylic acid groups (broad SMARTS) is 1. The number of aryl methyl sites for hydroxylation is 1. The summed E-state index contributed by atoms with van der Waals surface area (Å²) in [5.74, 6) is -1.40. The number of amides is 1. The Morgan fingerprint density at radius 3 is 2.22 bits per heavy atom. The molecule has 0 heterocycles. The van der Waals surface area contributed by atoms with Crippen molar-refractivity contribution in [3.8, 4) is 0 Å². The average molecular weight is 311 g/mol. The van der Waals surface area contributed by atoms with Crippen LogP contribution in [0.4, 0.5) is 0 Å². The molecule has 2 aromatic rings. The van der Waals surface area contributed by atoms with E-state index in [1.54, 1.807) is 12.1 Å². The molecule has 0 saturated heterocycles. The Balaban J connectivity index is 2.04. The molecule has 0 aromatic heterocycles. The molecule has 1 amide bonds. The van der Waals surface area contributed by atoms with Gasteiger partial charge in [-0.15, -0.1) is 0 Å². The van der Waals surface area contributed by atoms with Gasteiger partial charge in [-0.25, -0.2) is 4.79 Å². The van der Waals surface area contributed by atoms with Crippen molar-refractivity contribution >= 4 is 11.9 Å². The molecule has 120 valence electrons. The molecule has 0 bridgehead atoms. The second-order valence-corrected chi connectivity index (χ2v) is 5.50. The number of aliphatic carboxylic acids is 1. The molecule has 0 aliphatic rings. The van der Waals surface area contributed by atoms with E-state index in [1.165, 1.54) is 5.56 Å². The Morgan fingerprint density at radius 1 is 1.00 bits per heavy atom. The highest BCUT2D eigenvalue weighted by Gasteiger charge is 2.21. The second kappa shape index (κ2) is 8.13. The fraction of sp³-hybridized carbons (Fsp3) is 0.263. The van der Waals surface area contributed by atoms with Crippen LogP contribution in [0.2, 0.25) is 0 Å². The van der Waals surface area contributed by atoms with Crippen LogP contribution in [0.15, 0.2) is 54.6 Å². The molecule has 4 nitrogen and oxygen atoms in total. The van der Waals surface area contributed by atoms with Crippen molar-refractivity contribution in [2.75, 3.05) is 0 Å². The van der Waals surface area contributed by atoms with Crippen LogP contribution >= 0.6 is 0 Å². The van der Waals surface area contributed by atoms with Gasteiger partial charge in [-0.3, -0.25) is 4.79 Å². The smallest absolute Gasteiger partial charge is 0.326 e. The Bertz CT molecular complexity index is 650. The minimum Gasteiger partial charge on any atom is -0.480 e. The fourth-order valence-electron chi connectivity index (χ4n) is 2.40. The number of hydrogen-bond acceptors (Lipinski definition) is 2. The van der Waals surface area contributed by atoms with E-state index in [0.29, 0.717) is 5.56 Å². The normalized spacial score (nSPS) is 11.7. The van der Waals surface area contributed by atoms with E-state index in [1.807, 2.05) is 42.5 Å². The van der Waals surface area contributed by atoms with Crippen LogP contribution in [0.25, 0.3) is 0 Å². The van der Waals surface area contributed by atoms with Crippen LogP contribution in [-0.4, -0.2) is 23.0 Å². The van der Waals surface area contributed by atoms with Gasteiger partial charge in [0.2, 0.25) is 0 Å². The number of nitrogens with one attached hydrogen (secondary N) is 1. The standard InChI is InChI=1S/C19H21NO3/c1-2-6-14-9-11-16(12-10-14)18(21)20-17(19(22)23)13-15-7-4-3-5-8-15/h3-5,7-12,17H,2,6,13H2,1H3,(H,20,21)(H,22,23)/t17-/m1/s1. The minimum atomic E-state index is -1.04. The molecule has 2 aromatic carbocycles. The maximum Gasteiger partial charge on any atom is 0.326 e. The molecule has 2 N–H and O–H groups in total. The first-order valence-corrected chi connectivity index (χ1v) is 7.76. The number of benzene rings is 2. The molecule has 0 spiro atoms. The summed E-state index contributed by atoms with van der Waals surface area (Å²) in [6.07, 6.45) is 2.27. The first kappa shape index (κ1) is 16.7. The quantitative estimate of drug-likeness (QED) is 0.826. The van der Waals surface area contributed by atoms with Crippen molar-refractivity contribution in [1.82, 2.24) is 5.32 Å². The molecule has 4 heteroatoms. The van der Waals surface area contributed by atoms with E-state index in [2.05, 4.69) is 12.2 Å². The van der Waals surface area contributed by atoms with Gasteiger partial charge >= 0.3 is 5.97 Å². The molecule has 0 aliphatic carbocycles. The van der Waals surface area contributed by atoms with Crippen LogP contribution < -0.4 is 5.32 Å². The van der Waals surface area contributed by atoms with Gasteiger partial charge in [0.1, 0.15) is 6.04 Å². The van der Waals surface area contributed by atoms with Crippen LogP contribution in [0.3, 0.4) is 0 Å². The summed E-state index contributed by atoms with van der Waals surface area (Å²) in [5.41, 5.74) is 2.52. The maximum absolute atomic E-state index is 12.2. The van der Waals surface area contributed by atoms with Gasteiger partial charge in [0.05, 0.1) is 0 Å². The van der Waals surface area contributed by atoms with E-state index in [0.717, 1.165) is 18.4 Å². The van der Waals surface area contributed by atoms with Crippen molar-refractivity contribution in [3.05, 3.63) is 71.3 Å². The van der Waals surface area contributed by atoms with Gasteiger partial charge in [-0.1, -0.05) is 55.8 Å². The highest BCUT2D eigenvalue weighted by Crippen LogP contribution is 2.08. The maximum atomic E-state index is 12.2. The Hall–Kier alpha value is -2.62. The van der Waals surface area contributed by atoms with Crippen LogP contribution in [0.1, 0.15) is 34.8 Å². The van der Waals surface area contributed by atoms with Crippen LogP contribution in [0, 0.1) is 0 Å². The van der Waals surface area contributed by atoms with Crippen molar-refractivity contribution < 1.29 is 14.7 Å². The van der Waals surface area contributed by atoms with Crippen molar-refractivity contribution in [2.45, 2.75) is 32.2 Å². The molecular formula is C19H21NO3. The summed E-state index contributed by atoms with van der Waals surface area (Å²) in [6.45, 7) is 2.10. The van der Waals surface area contributed by atoms with Gasteiger partial charge in [-0.05, 0) is 29.7 Å². The summed E-state index contributed by atoms with van der Waals surface area (Å²) in [4.78, 5) is 23.6. The highest BCUT2D eigenvalue weighted by atomic mass is 16.4. The lowest BCUT2D eigenvalue weighted by Gasteiger charge is -2.15. The lowest BCUT2D eigenvalue weighted by atomic mass is 10.0. The number of carbonyl (C=O) groups excluding carboxylic acids is 1. The van der Waals surface area contributed by atoms with Crippen LogP contribution in [-0.2, 0) is 17.6 Å². The zero-order chi connectivity index (χ0) is 16.7. The summed E-state index contributed by atoms with van der Waals surface area (Å²) in [6, 6.07) is 15.6. The zero-order valence-electron chi connectivity index (χ0n) is 13.2. The monoisotopic (exact) mass is 311 g/mol. The van der Waals surface area contributed by atoms with Gasteiger partial charge in [0.15, 0.2) is 0 Å². The van der Waals surface area contributed by atoms with E-state index in [9.17, 15) is 14.7 Å². The number of rotatable bonds is 7. The summed E-state index contributed by atoms with van der Waals surface area (Å²) in [7, 11) is 0. The Labute approximate surface area is 136 Å². The molecule has 23 heavy (non-hydrogen) atoms. The van der Waals surface area contributed by atoms with Gasteiger partial charge < -0.3 is 10.4 Å². The van der Waals surface area contributed by atoms with Gasteiger partial charge in [0.25, 0.3) is 5.91 Å². The zero-order valence-corrected chi connectivity index (χ0v) is 13.2. The first-order chi connectivity index (χ1) is 11.1. The predicted molar refractivity (Wildman–Crippen MR) is 89.5 cm³/mol. The third-order valence-electron chi connectivity index (χ3n) is 3.64. The van der Waals surface area contributed by atoms with Gasteiger partial charge in [-0.2, -0.15) is 0 Å². The Morgan fingerprint density at radius 2 is 1.65 bits per heavy atom. The third-order valence-corrected chi connectivity index (χ3v) is 3.64. The number of carboxylic acids is 1. The minimum absolute atomic E-state index is 0.260. The summed E-state index contributed by atoms with van der Waals surface area (Å²) in [5, 5.41) is 11.9. The number of hydrogen-bond donors (Lipinski definition) is 2. The van der Waals surface area contributed by atoms with Crippen molar-refractivity contribution in [1.29, 1.82) is 0 Å². The molecule has 0 radical (unpaired) electrons. The molecular weight excluding hydrogens is 290 g/mol. The van der Waals surface area contributed by atoms with E-state index >= 15 is 0 Å². The summed E-state index contributed by atoms with van der Waals surface area (Å²) < 4.78 is 0. The third kappa shape index (κ3) is 4.95. The molecule has 0 fully saturated rings. The van der Waals surface area contributed by atoms with Crippen LogP contribution in [0.5, 0.6) is 0 Å². The molecule has 0 unspecified atom stereocenters. The van der Waals surface area contributed by atoms with E-state index < -0.39 is 12.0 Å². The second-order valence-electron chi connectivity index (χ2n) is 5.50.